The summed E-state index contributed by atoms with van der Waals surface area (Å²) in [4.78, 5) is 0. The highest BCUT2D eigenvalue weighted by Gasteiger charge is 2.26. The van der Waals surface area contributed by atoms with Crippen molar-refractivity contribution in [1.82, 2.24) is 0 Å². The number of hydrogen-bond acceptors (Lipinski definition) is 3. The van der Waals surface area contributed by atoms with Crippen molar-refractivity contribution in [1.29, 1.82) is 5.26 Å². The summed E-state index contributed by atoms with van der Waals surface area (Å²) in [6.07, 6.45) is 0. The van der Waals surface area contributed by atoms with Gasteiger partial charge in [0.2, 0.25) is 0 Å². The lowest BCUT2D eigenvalue weighted by atomic mass is 10.0. The van der Waals surface area contributed by atoms with Crippen LogP contribution < -0.4 is 0 Å². The molecule has 0 aliphatic heterocycles. The minimum Gasteiger partial charge on any atom is -0.410 e. The molecule has 0 atom stereocenters. The summed E-state index contributed by atoms with van der Waals surface area (Å²) in [6.45, 7) is 0. The van der Waals surface area contributed by atoms with E-state index in [2.05, 4.69) is 11.2 Å². The first-order valence-electron chi connectivity index (χ1n) is 5.22. The van der Waals surface area contributed by atoms with Crippen LogP contribution in [-0.4, -0.2) is 10.9 Å². The molecule has 2 aromatic carbocycles. The van der Waals surface area contributed by atoms with Gasteiger partial charge in [-0.3, -0.25) is 0 Å². The van der Waals surface area contributed by atoms with Gasteiger partial charge in [-0.05, 0) is 11.6 Å². The Bertz CT molecular complexity index is 681. The molecule has 0 heterocycles. The molecule has 1 N–H and O–H groups in total. The zero-order valence-electron chi connectivity index (χ0n) is 8.88. The number of fused-ring (bicyclic) bond motifs is 3. The number of nitriles is 1. The van der Waals surface area contributed by atoms with Gasteiger partial charge in [-0.15, -0.1) is 0 Å². The van der Waals surface area contributed by atoms with Gasteiger partial charge in [0.25, 0.3) is 0 Å². The molecule has 0 bridgehead atoms. The first-order valence-corrected chi connectivity index (χ1v) is 5.22. The predicted octanol–water partition coefficient (Wildman–Crippen LogP) is 2.77. The lowest BCUT2D eigenvalue weighted by Gasteiger charge is -2.01. The van der Waals surface area contributed by atoms with E-state index in [9.17, 15) is 0 Å². The van der Waals surface area contributed by atoms with Gasteiger partial charge in [-0.25, -0.2) is 0 Å². The summed E-state index contributed by atoms with van der Waals surface area (Å²) < 4.78 is 0. The normalized spacial score (nSPS) is 14.2. The number of oxime groups is 1. The van der Waals surface area contributed by atoms with Crippen LogP contribution in [0, 0.1) is 11.3 Å². The molecule has 0 radical (unpaired) electrons. The quantitative estimate of drug-likeness (QED) is 0.467. The van der Waals surface area contributed by atoms with E-state index in [0.717, 1.165) is 22.3 Å². The largest absolute Gasteiger partial charge is 0.410 e. The highest BCUT2D eigenvalue weighted by atomic mass is 16.4. The summed E-state index contributed by atoms with van der Waals surface area (Å²) in [5.74, 6) is 0. The number of rotatable bonds is 0. The Labute approximate surface area is 98.2 Å². The Morgan fingerprint density at radius 3 is 2.35 bits per heavy atom. The van der Waals surface area contributed by atoms with Crippen molar-refractivity contribution >= 4 is 5.71 Å². The zero-order valence-corrected chi connectivity index (χ0v) is 8.88. The van der Waals surface area contributed by atoms with E-state index in [1.54, 1.807) is 12.1 Å². The maximum absolute atomic E-state index is 9.13. The average molecular weight is 220 g/mol. The SMILES string of the molecule is N#Cc1cccc2c1-c1ccccc1/C2=N/O. The van der Waals surface area contributed by atoms with Gasteiger partial charge < -0.3 is 5.21 Å². The second-order valence-corrected chi connectivity index (χ2v) is 3.83. The molecular formula is C14H8N2O. The van der Waals surface area contributed by atoms with Crippen LogP contribution in [0.2, 0.25) is 0 Å². The summed E-state index contributed by atoms with van der Waals surface area (Å²) in [5, 5.41) is 21.6. The van der Waals surface area contributed by atoms with Crippen molar-refractivity contribution in [2.75, 3.05) is 0 Å². The molecule has 1 aliphatic rings. The van der Waals surface area contributed by atoms with Gasteiger partial charge in [0.15, 0.2) is 0 Å². The number of hydrogen-bond donors (Lipinski definition) is 1. The van der Waals surface area contributed by atoms with E-state index in [1.165, 1.54) is 0 Å². The molecule has 2 aromatic rings. The van der Waals surface area contributed by atoms with Crippen LogP contribution in [0.25, 0.3) is 11.1 Å². The van der Waals surface area contributed by atoms with E-state index >= 15 is 0 Å². The Morgan fingerprint density at radius 1 is 0.941 bits per heavy atom. The minimum absolute atomic E-state index is 0.535. The van der Waals surface area contributed by atoms with Gasteiger partial charge in [-0.2, -0.15) is 5.26 Å². The van der Waals surface area contributed by atoms with Crippen molar-refractivity contribution in [3.63, 3.8) is 0 Å². The lowest BCUT2D eigenvalue weighted by molar-refractivity contribution is 0.320. The van der Waals surface area contributed by atoms with Crippen molar-refractivity contribution in [3.8, 4) is 17.2 Å². The summed E-state index contributed by atoms with van der Waals surface area (Å²) in [5.41, 5.74) is 4.63. The fourth-order valence-corrected chi connectivity index (χ4v) is 2.29. The van der Waals surface area contributed by atoms with E-state index in [-0.39, 0.29) is 0 Å². The Morgan fingerprint density at radius 2 is 1.65 bits per heavy atom. The van der Waals surface area contributed by atoms with Gasteiger partial charge in [0.05, 0.1) is 11.6 Å². The van der Waals surface area contributed by atoms with E-state index in [4.69, 9.17) is 10.5 Å². The Balaban J connectivity index is 2.46. The van der Waals surface area contributed by atoms with E-state index in [0.29, 0.717) is 11.3 Å². The van der Waals surface area contributed by atoms with E-state index < -0.39 is 0 Å². The highest BCUT2D eigenvalue weighted by molar-refractivity contribution is 6.24. The fourth-order valence-electron chi connectivity index (χ4n) is 2.29. The first kappa shape index (κ1) is 9.61. The van der Waals surface area contributed by atoms with Crippen LogP contribution in [0.15, 0.2) is 47.6 Å². The maximum atomic E-state index is 9.13. The molecule has 80 valence electrons. The second kappa shape index (κ2) is 3.46. The molecule has 0 amide bonds. The van der Waals surface area contributed by atoms with Crippen LogP contribution >= 0.6 is 0 Å². The molecule has 1 aliphatic carbocycles. The monoisotopic (exact) mass is 220 g/mol. The standard InChI is InChI=1S/C14H8N2O/c15-8-9-4-3-7-12-13(9)10-5-1-2-6-11(10)14(12)16-17/h1-7,17H/b16-14-. The number of benzene rings is 2. The van der Waals surface area contributed by atoms with Crippen molar-refractivity contribution in [2.45, 2.75) is 0 Å². The summed E-state index contributed by atoms with van der Waals surface area (Å²) in [6, 6.07) is 15.3. The average Bonchev–Trinajstić information content (AvgIpc) is 2.72. The predicted molar refractivity (Wildman–Crippen MR) is 64.0 cm³/mol. The zero-order chi connectivity index (χ0) is 11.8. The highest BCUT2D eigenvalue weighted by Crippen LogP contribution is 2.38. The fraction of sp³-hybridized carbons (Fsp3) is 0. The van der Waals surface area contributed by atoms with Crippen molar-refractivity contribution < 1.29 is 5.21 Å². The van der Waals surface area contributed by atoms with Gasteiger partial charge in [0.1, 0.15) is 5.71 Å². The molecule has 0 fully saturated rings. The van der Waals surface area contributed by atoms with Crippen LogP contribution in [-0.2, 0) is 0 Å². The number of nitrogens with zero attached hydrogens (tertiary/aromatic N) is 2. The van der Waals surface area contributed by atoms with E-state index in [1.807, 2.05) is 30.3 Å². The van der Waals surface area contributed by atoms with Crippen molar-refractivity contribution in [3.05, 3.63) is 59.2 Å². The molecular weight excluding hydrogens is 212 g/mol. The summed E-state index contributed by atoms with van der Waals surface area (Å²) in [7, 11) is 0. The van der Waals surface area contributed by atoms with Crippen molar-refractivity contribution in [2.24, 2.45) is 5.16 Å². The third-order valence-electron chi connectivity index (χ3n) is 2.99. The van der Waals surface area contributed by atoms with Crippen LogP contribution in [0.3, 0.4) is 0 Å². The molecule has 0 unspecified atom stereocenters. The lowest BCUT2D eigenvalue weighted by Crippen LogP contribution is -1.97. The first-order chi connectivity index (χ1) is 8.36. The minimum atomic E-state index is 0.535. The van der Waals surface area contributed by atoms with Crippen LogP contribution in [0.1, 0.15) is 16.7 Å². The van der Waals surface area contributed by atoms with Crippen LogP contribution in [0.5, 0.6) is 0 Å². The molecule has 0 aromatic heterocycles. The molecule has 3 rings (SSSR count). The summed E-state index contributed by atoms with van der Waals surface area (Å²) >= 11 is 0. The smallest absolute Gasteiger partial charge is 0.118 e. The molecule has 3 heteroatoms. The molecule has 0 saturated carbocycles. The molecule has 3 nitrogen and oxygen atoms in total. The third-order valence-corrected chi connectivity index (χ3v) is 2.99. The second-order valence-electron chi connectivity index (χ2n) is 3.83. The van der Waals surface area contributed by atoms with Gasteiger partial charge >= 0.3 is 0 Å². The molecule has 17 heavy (non-hydrogen) atoms. The van der Waals surface area contributed by atoms with Gasteiger partial charge in [0, 0.05) is 16.7 Å². The Hall–Kier alpha value is -2.60. The van der Waals surface area contributed by atoms with Gasteiger partial charge in [-0.1, -0.05) is 41.6 Å². The third kappa shape index (κ3) is 1.18. The molecule has 0 saturated heterocycles. The Kier molecular flexibility index (Phi) is 1.96. The molecule has 0 spiro atoms. The topological polar surface area (TPSA) is 56.4 Å². The maximum Gasteiger partial charge on any atom is 0.118 e. The van der Waals surface area contributed by atoms with Crippen LogP contribution in [0.4, 0.5) is 0 Å².